The number of benzene rings is 1. The number of aliphatic carboxylic acids is 1. The third-order valence-electron chi connectivity index (χ3n) is 2.88. The van der Waals surface area contributed by atoms with Crippen LogP contribution >= 0.6 is 0 Å². The lowest BCUT2D eigenvalue weighted by Crippen LogP contribution is -2.28. The Bertz CT molecular complexity index is 472. The normalized spacial score (nSPS) is 11.7. The van der Waals surface area contributed by atoms with Crippen LogP contribution in [0, 0.1) is 6.92 Å². The van der Waals surface area contributed by atoms with Crippen LogP contribution in [0.15, 0.2) is 18.2 Å². The summed E-state index contributed by atoms with van der Waals surface area (Å²) in [5.41, 5.74) is 2.33. The molecule has 0 aliphatic carbocycles. The van der Waals surface area contributed by atoms with E-state index in [0.29, 0.717) is 18.5 Å². The van der Waals surface area contributed by atoms with E-state index in [-0.39, 0.29) is 5.91 Å². The first kappa shape index (κ1) is 15.0. The smallest absolute Gasteiger partial charge is 0.326 e. The Labute approximate surface area is 113 Å². The van der Waals surface area contributed by atoms with Gasteiger partial charge in [0.1, 0.15) is 6.04 Å². The van der Waals surface area contributed by atoms with Crippen molar-refractivity contribution in [3.8, 4) is 0 Å². The molecule has 1 rings (SSSR count). The van der Waals surface area contributed by atoms with Gasteiger partial charge >= 0.3 is 5.97 Å². The van der Waals surface area contributed by atoms with Crippen LogP contribution in [0.1, 0.15) is 32.3 Å². The Morgan fingerprint density at radius 2 is 2.00 bits per heavy atom. The first-order chi connectivity index (χ1) is 8.97. The molecule has 19 heavy (non-hydrogen) atoms. The highest BCUT2D eigenvalue weighted by atomic mass is 16.4. The van der Waals surface area contributed by atoms with Gasteiger partial charge in [-0.2, -0.15) is 0 Å². The van der Waals surface area contributed by atoms with Gasteiger partial charge < -0.3 is 15.7 Å². The van der Waals surface area contributed by atoms with Gasteiger partial charge in [-0.1, -0.05) is 19.9 Å². The van der Waals surface area contributed by atoms with Gasteiger partial charge in [-0.05, 0) is 31.0 Å². The zero-order valence-corrected chi connectivity index (χ0v) is 11.5. The highest BCUT2D eigenvalue weighted by Gasteiger charge is 2.15. The molecule has 5 nitrogen and oxygen atoms in total. The van der Waals surface area contributed by atoms with Crippen LogP contribution in [0.25, 0.3) is 0 Å². The molecule has 104 valence electrons. The molecule has 0 fully saturated rings. The third kappa shape index (κ3) is 4.28. The SMILES string of the molecule is CCC(=O)Nc1ccc(C)c(NC(CC)C(=O)O)c1. The third-order valence-corrected chi connectivity index (χ3v) is 2.88. The van der Waals surface area contributed by atoms with Crippen molar-refractivity contribution < 1.29 is 14.7 Å². The van der Waals surface area contributed by atoms with Crippen LogP contribution in [-0.2, 0) is 9.59 Å². The fourth-order valence-corrected chi connectivity index (χ4v) is 1.63. The number of carboxylic acid groups (broad SMARTS) is 1. The number of carbonyl (C=O) groups is 2. The van der Waals surface area contributed by atoms with E-state index >= 15 is 0 Å². The molecule has 1 aromatic carbocycles. The summed E-state index contributed by atoms with van der Waals surface area (Å²) in [4.78, 5) is 22.4. The number of nitrogens with one attached hydrogen (secondary N) is 2. The summed E-state index contributed by atoms with van der Waals surface area (Å²) in [6, 6.07) is 4.78. The van der Waals surface area contributed by atoms with Gasteiger partial charge in [0.2, 0.25) is 5.91 Å². The van der Waals surface area contributed by atoms with Crippen molar-refractivity contribution >= 4 is 23.3 Å². The average Bonchev–Trinajstić information content (AvgIpc) is 2.38. The van der Waals surface area contributed by atoms with Gasteiger partial charge in [-0.25, -0.2) is 4.79 Å². The molecule has 0 spiro atoms. The predicted molar refractivity (Wildman–Crippen MR) is 75.4 cm³/mol. The topological polar surface area (TPSA) is 78.4 Å². The molecule has 3 N–H and O–H groups in total. The second-order valence-corrected chi connectivity index (χ2v) is 4.37. The molecule has 1 unspecified atom stereocenters. The van der Waals surface area contributed by atoms with E-state index in [1.54, 1.807) is 19.1 Å². The number of amides is 1. The standard InChI is InChI=1S/C14H20N2O3/c1-4-11(14(18)19)16-12-8-10(7-6-9(12)3)15-13(17)5-2/h6-8,11,16H,4-5H2,1-3H3,(H,15,17)(H,18,19). The number of carboxylic acids is 1. The number of anilines is 2. The quantitative estimate of drug-likeness (QED) is 0.738. The number of carbonyl (C=O) groups excluding carboxylic acids is 1. The van der Waals surface area contributed by atoms with E-state index in [0.717, 1.165) is 11.3 Å². The second-order valence-electron chi connectivity index (χ2n) is 4.37. The maximum atomic E-state index is 11.3. The molecule has 0 saturated heterocycles. The fraction of sp³-hybridized carbons (Fsp3) is 0.429. The lowest BCUT2D eigenvalue weighted by atomic mass is 10.1. The summed E-state index contributed by atoms with van der Waals surface area (Å²) < 4.78 is 0. The summed E-state index contributed by atoms with van der Waals surface area (Å²) in [6.45, 7) is 5.48. The number of rotatable bonds is 6. The minimum atomic E-state index is -0.884. The zero-order chi connectivity index (χ0) is 14.4. The minimum absolute atomic E-state index is 0.0694. The lowest BCUT2D eigenvalue weighted by molar-refractivity contribution is -0.138. The van der Waals surface area contributed by atoms with Crippen molar-refractivity contribution in [3.63, 3.8) is 0 Å². The molecule has 0 radical (unpaired) electrons. The summed E-state index contributed by atoms with van der Waals surface area (Å²) in [5, 5.41) is 14.8. The lowest BCUT2D eigenvalue weighted by Gasteiger charge is -2.17. The zero-order valence-electron chi connectivity index (χ0n) is 11.5. The van der Waals surface area contributed by atoms with Crippen molar-refractivity contribution in [2.75, 3.05) is 10.6 Å². The molecule has 0 bridgehead atoms. The number of hydrogen-bond donors (Lipinski definition) is 3. The van der Waals surface area contributed by atoms with Crippen LogP contribution in [0.2, 0.25) is 0 Å². The van der Waals surface area contributed by atoms with E-state index in [1.165, 1.54) is 0 Å². The molecule has 0 aromatic heterocycles. The summed E-state index contributed by atoms with van der Waals surface area (Å²) >= 11 is 0. The van der Waals surface area contributed by atoms with E-state index < -0.39 is 12.0 Å². The summed E-state index contributed by atoms with van der Waals surface area (Å²) in [6.07, 6.45) is 0.893. The van der Waals surface area contributed by atoms with Crippen molar-refractivity contribution in [1.29, 1.82) is 0 Å². The average molecular weight is 264 g/mol. The number of hydrogen-bond acceptors (Lipinski definition) is 3. The Hall–Kier alpha value is -2.04. The fourth-order valence-electron chi connectivity index (χ4n) is 1.63. The molecular formula is C14H20N2O3. The molecular weight excluding hydrogens is 244 g/mol. The minimum Gasteiger partial charge on any atom is -0.480 e. The molecule has 1 aromatic rings. The Morgan fingerprint density at radius 3 is 2.53 bits per heavy atom. The van der Waals surface area contributed by atoms with Gasteiger partial charge in [0.05, 0.1) is 0 Å². The second kappa shape index (κ2) is 6.78. The highest BCUT2D eigenvalue weighted by molar-refractivity contribution is 5.91. The van der Waals surface area contributed by atoms with E-state index in [2.05, 4.69) is 10.6 Å². The van der Waals surface area contributed by atoms with Crippen LogP contribution < -0.4 is 10.6 Å². The summed E-state index contributed by atoms with van der Waals surface area (Å²) in [5.74, 6) is -0.954. The van der Waals surface area contributed by atoms with Crippen LogP contribution in [0.5, 0.6) is 0 Å². The van der Waals surface area contributed by atoms with Crippen LogP contribution in [0.3, 0.4) is 0 Å². The van der Waals surface area contributed by atoms with Gasteiger partial charge in [-0.3, -0.25) is 4.79 Å². The van der Waals surface area contributed by atoms with Crippen LogP contribution in [0.4, 0.5) is 11.4 Å². The molecule has 0 heterocycles. The van der Waals surface area contributed by atoms with Gasteiger partial charge in [0, 0.05) is 17.8 Å². The maximum absolute atomic E-state index is 11.3. The van der Waals surface area contributed by atoms with Crippen molar-refractivity contribution in [2.45, 2.75) is 39.7 Å². The van der Waals surface area contributed by atoms with Gasteiger partial charge in [0.25, 0.3) is 0 Å². The highest BCUT2D eigenvalue weighted by Crippen LogP contribution is 2.21. The molecule has 1 atom stereocenters. The molecule has 0 saturated carbocycles. The Balaban J connectivity index is 2.90. The number of aryl methyl sites for hydroxylation is 1. The van der Waals surface area contributed by atoms with E-state index in [1.807, 2.05) is 19.9 Å². The van der Waals surface area contributed by atoms with Crippen molar-refractivity contribution in [2.24, 2.45) is 0 Å². The molecule has 1 amide bonds. The summed E-state index contributed by atoms with van der Waals surface area (Å²) in [7, 11) is 0. The van der Waals surface area contributed by atoms with Crippen molar-refractivity contribution in [3.05, 3.63) is 23.8 Å². The van der Waals surface area contributed by atoms with E-state index in [9.17, 15) is 9.59 Å². The van der Waals surface area contributed by atoms with Gasteiger partial charge in [0.15, 0.2) is 0 Å². The maximum Gasteiger partial charge on any atom is 0.326 e. The van der Waals surface area contributed by atoms with Gasteiger partial charge in [-0.15, -0.1) is 0 Å². The predicted octanol–water partition coefficient (Wildman–Crippen LogP) is 2.62. The first-order valence-electron chi connectivity index (χ1n) is 6.37. The van der Waals surface area contributed by atoms with Crippen LogP contribution in [-0.4, -0.2) is 23.0 Å². The van der Waals surface area contributed by atoms with E-state index in [4.69, 9.17) is 5.11 Å². The largest absolute Gasteiger partial charge is 0.480 e. The van der Waals surface area contributed by atoms with Crippen molar-refractivity contribution in [1.82, 2.24) is 0 Å². The molecule has 5 heteroatoms. The molecule has 0 aliphatic heterocycles. The Morgan fingerprint density at radius 1 is 1.32 bits per heavy atom. The molecule has 0 aliphatic rings. The monoisotopic (exact) mass is 264 g/mol. The Kier molecular flexibility index (Phi) is 5.36. The first-order valence-corrected chi connectivity index (χ1v) is 6.37.